The standard InChI is InChI=1S/C12H12ClNO5/c13-6-8(15)14-9(11(17)12(18)19)10(16)7-4-2-1-3-5-7/h1-5,9,11,17H,6H2,(H,14,15)(H,18,19). The van der Waals surface area contributed by atoms with Gasteiger partial charge in [0.2, 0.25) is 5.91 Å². The fraction of sp³-hybridized carbons (Fsp3) is 0.250. The molecule has 102 valence electrons. The Balaban J connectivity index is 2.99. The summed E-state index contributed by atoms with van der Waals surface area (Å²) < 4.78 is 0. The lowest BCUT2D eigenvalue weighted by molar-refractivity contribution is -0.147. The lowest BCUT2D eigenvalue weighted by Gasteiger charge is -2.19. The zero-order valence-electron chi connectivity index (χ0n) is 9.75. The van der Waals surface area contributed by atoms with Crippen LogP contribution in [-0.2, 0) is 9.59 Å². The molecule has 7 heteroatoms. The zero-order chi connectivity index (χ0) is 14.4. The first-order valence-electron chi connectivity index (χ1n) is 5.33. The lowest BCUT2D eigenvalue weighted by atomic mass is 9.99. The molecule has 6 nitrogen and oxygen atoms in total. The van der Waals surface area contributed by atoms with Crippen LogP contribution in [0.4, 0.5) is 0 Å². The number of carboxylic acid groups (broad SMARTS) is 1. The minimum Gasteiger partial charge on any atom is -0.479 e. The van der Waals surface area contributed by atoms with E-state index in [0.29, 0.717) is 0 Å². The molecule has 0 aromatic heterocycles. The van der Waals surface area contributed by atoms with Crippen LogP contribution in [-0.4, -0.2) is 45.9 Å². The third-order valence-corrected chi connectivity index (χ3v) is 2.59. The minimum atomic E-state index is -2.04. The first-order valence-corrected chi connectivity index (χ1v) is 5.86. The molecule has 1 aromatic rings. The van der Waals surface area contributed by atoms with Crippen LogP contribution in [0, 0.1) is 0 Å². The first-order chi connectivity index (χ1) is 8.97. The maximum atomic E-state index is 12.1. The second-order valence-corrected chi connectivity index (χ2v) is 3.96. The van der Waals surface area contributed by atoms with Crippen LogP contribution >= 0.6 is 11.6 Å². The number of carbonyl (C=O) groups excluding carboxylic acids is 2. The van der Waals surface area contributed by atoms with Crippen molar-refractivity contribution in [2.75, 3.05) is 5.88 Å². The second-order valence-electron chi connectivity index (χ2n) is 3.69. The van der Waals surface area contributed by atoms with Crippen molar-refractivity contribution in [1.82, 2.24) is 5.32 Å². The predicted octanol–water partition coefficient (Wildman–Crippen LogP) is 0.0384. The molecule has 0 spiro atoms. The Morgan fingerprint density at radius 3 is 2.26 bits per heavy atom. The topological polar surface area (TPSA) is 104 Å². The molecule has 0 fully saturated rings. The number of rotatable bonds is 6. The van der Waals surface area contributed by atoms with Crippen LogP contribution in [0.15, 0.2) is 30.3 Å². The summed E-state index contributed by atoms with van der Waals surface area (Å²) in [6.45, 7) is 0. The van der Waals surface area contributed by atoms with E-state index in [4.69, 9.17) is 16.7 Å². The molecule has 1 aromatic carbocycles. The highest BCUT2D eigenvalue weighted by Crippen LogP contribution is 2.07. The third kappa shape index (κ3) is 4.04. The molecule has 1 rings (SSSR count). The number of nitrogens with one attached hydrogen (secondary N) is 1. The lowest BCUT2D eigenvalue weighted by Crippen LogP contribution is -2.52. The molecule has 2 atom stereocenters. The maximum Gasteiger partial charge on any atom is 0.335 e. The number of hydrogen-bond donors (Lipinski definition) is 3. The number of ketones is 1. The van der Waals surface area contributed by atoms with Gasteiger partial charge in [0, 0.05) is 5.56 Å². The highest BCUT2D eigenvalue weighted by Gasteiger charge is 2.33. The van der Waals surface area contributed by atoms with Crippen LogP contribution < -0.4 is 5.32 Å². The van der Waals surface area contributed by atoms with E-state index in [1.807, 2.05) is 0 Å². The van der Waals surface area contributed by atoms with Crippen LogP contribution in [0.5, 0.6) is 0 Å². The molecule has 2 unspecified atom stereocenters. The van der Waals surface area contributed by atoms with E-state index >= 15 is 0 Å². The number of Topliss-reactive ketones (excluding diaryl/α,β-unsaturated/α-hetero) is 1. The van der Waals surface area contributed by atoms with E-state index in [0.717, 1.165) is 0 Å². The minimum absolute atomic E-state index is 0.183. The van der Waals surface area contributed by atoms with Crippen molar-refractivity contribution in [3.05, 3.63) is 35.9 Å². The predicted molar refractivity (Wildman–Crippen MR) is 67.1 cm³/mol. The van der Waals surface area contributed by atoms with Crippen molar-refractivity contribution in [3.63, 3.8) is 0 Å². The normalized spacial score (nSPS) is 13.4. The van der Waals surface area contributed by atoms with Crippen molar-refractivity contribution >= 4 is 29.3 Å². The van der Waals surface area contributed by atoms with E-state index < -0.39 is 35.7 Å². The van der Waals surface area contributed by atoms with Gasteiger partial charge in [0.15, 0.2) is 11.9 Å². The van der Waals surface area contributed by atoms with Gasteiger partial charge in [-0.05, 0) is 0 Å². The number of aliphatic hydroxyl groups excluding tert-OH is 1. The van der Waals surface area contributed by atoms with Gasteiger partial charge in [0.1, 0.15) is 11.9 Å². The molecule has 0 radical (unpaired) electrons. The number of hydrogen-bond acceptors (Lipinski definition) is 4. The number of alkyl halides is 1. The summed E-state index contributed by atoms with van der Waals surface area (Å²) in [4.78, 5) is 34.0. The van der Waals surface area contributed by atoms with E-state index in [1.54, 1.807) is 18.2 Å². The van der Waals surface area contributed by atoms with Crippen LogP contribution in [0.3, 0.4) is 0 Å². The van der Waals surface area contributed by atoms with Gasteiger partial charge < -0.3 is 15.5 Å². The molecule has 3 N–H and O–H groups in total. The van der Waals surface area contributed by atoms with Gasteiger partial charge in [-0.15, -0.1) is 11.6 Å². The number of aliphatic carboxylic acids is 1. The summed E-state index contributed by atoms with van der Waals surface area (Å²) in [5.41, 5.74) is 0.183. The average Bonchev–Trinajstić information content (AvgIpc) is 2.43. The fourth-order valence-electron chi connectivity index (χ4n) is 1.42. The van der Waals surface area contributed by atoms with E-state index in [1.165, 1.54) is 12.1 Å². The van der Waals surface area contributed by atoms with Gasteiger partial charge in [-0.1, -0.05) is 30.3 Å². The van der Waals surface area contributed by atoms with Gasteiger partial charge in [-0.25, -0.2) is 4.79 Å². The number of aliphatic hydroxyl groups is 1. The second kappa shape index (κ2) is 6.86. The highest BCUT2D eigenvalue weighted by atomic mass is 35.5. The SMILES string of the molecule is O=C(CCl)NC(C(=O)c1ccccc1)C(O)C(=O)O. The molecule has 0 aliphatic carbocycles. The Kier molecular flexibility index (Phi) is 5.47. The van der Waals surface area contributed by atoms with Crippen molar-refractivity contribution < 1.29 is 24.6 Å². The Morgan fingerprint density at radius 2 is 1.79 bits per heavy atom. The maximum absolute atomic E-state index is 12.1. The quantitative estimate of drug-likeness (QED) is 0.506. The number of halogens is 1. The Bertz CT molecular complexity index is 476. The molecule has 1 amide bonds. The van der Waals surface area contributed by atoms with Crippen molar-refractivity contribution in [1.29, 1.82) is 0 Å². The Hall–Kier alpha value is -1.92. The molecule has 19 heavy (non-hydrogen) atoms. The van der Waals surface area contributed by atoms with E-state index in [2.05, 4.69) is 5.32 Å². The number of benzene rings is 1. The van der Waals surface area contributed by atoms with E-state index in [9.17, 15) is 19.5 Å². The van der Waals surface area contributed by atoms with Gasteiger partial charge >= 0.3 is 5.97 Å². The third-order valence-electron chi connectivity index (χ3n) is 2.35. The molecule has 0 saturated carbocycles. The van der Waals surface area contributed by atoms with Crippen LogP contribution in [0.2, 0.25) is 0 Å². The molecule has 0 saturated heterocycles. The highest BCUT2D eigenvalue weighted by molar-refractivity contribution is 6.27. The van der Waals surface area contributed by atoms with Crippen molar-refractivity contribution in [3.8, 4) is 0 Å². The number of amides is 1. The summed E-state index contributed by atoms with van der Waals surface area (Å²) in [7, 11) is 0. The average molecular weight is 286 g/mol. The molecule has 0 aliphatic heterocycles. The summed E-state index contributed by atoms with van der Waals surface area (Å²) in [6.07, 6.45) is -2.04. The van der Waals surface area contributed by atoms with Gasteiger partial charge in [0.05, 0.1) is 0 Å². The summed E-state index contributed by atoms with van der Waals surface area (Å²) >= 11 is 5.28. The van der Waals surface area contributed by atoms with Gasteiger partial charge in [-0.2, -0.15) is 0 Å². The monoisotopic (exact) mass is 285 g/mol. The summed E-state index contributed by atoms with van der Waals surface area (Å²) in [5.74, 6) is -3.49. The van der Waals surface area contributed by atoms with Crippen LogP contribution in [0.25, 0.3) is 0 Å². The molecule has 0 aliphatic rings. The number of carboxylic acids is 1. The van der Waals surface area contributed by atoms with Gasteiger partial charge in [-0.3, -0.25) is 9.59 Å². The smallest absolute Gasteiger partial charge is 0.335 e. The van der Waals surface area contributed by atoms with Crippen molar-refractivity contribution in [2.24, 2.45) is 0 Å². The number of carbonyl (C=O) groups is 3. The zero-order valence-corrected chi connectivity index (χ0v) is 10.5. The van der Waals surface area contributed by atoms with E-state index in [-0.39, 0.29) is 5.56 Å². The van der Waals surface area contributed by atoms with Crippen LogP contribution in [0.1, 0.15) is 10.4 Å². The molecule has 0 heterocycles. The Morgan fingerprint density at radius 1 is 1.21 bits per heavy atom. The largest absolute Gasteiger partial charge is 0.479 e. The molecular formula is C12H12ClNO5. The summed E-state index contributed by atoms with van der Waals surface area (Å²) in [5, 5.41) is 20.3. The van der Waals surface area contributed by atoms with Gasteiger partial charge in [0.25, 0.3) is 0 Å². The Labute approximate surface area is 114 Å². The molecule has 0 bridgehead atoms. The molecular weight excluding hydrogens is 274 g/mol. The first kappa shape index (κ1) is 15.1. The van der Waals surface area contributed by atoms with Crippen molar-refractivity contribution in [2.45, 2.75) is 12.1 Å². The fourth-order valence-corrected chi connectivity index (χ4v) is 1.50. The summed E-state index contributed by atoms with van der Waals surface area (Å²) in [6, 6.07) is 6.18.